The van der Waals surface area contributed by atoms with Crippen molar-refractivity contribution in [3.63, 3.8) is 0 Å². The highest BCUT2D eigenvalue weighted by Crippen LogP contribution is 2.42. The maximum Gasteiger partial charge on any atom is 0.259 e. The molecule has 4 aromatic carbocycles. The number of anilines is 1. The third-order valence-corrected chi connectivity index (χ3v) is 8.22. The number of rotatable bonds is 8. The van der Waals surface area contributed by atoms with Crippen molar-refractivity contribution in [2.45, 2.75) is 36.6 Å². The number of methoxy groups -OCH3 is 2. The molecule has 0 spiro atoms. The lowest BCUT2D eigenvalue weighted by atomic mass is 10.0. The van der Waals surface area contributed by atoms with E-state index < -0.39 is 0 Å². The number of ether oxygens (including phenoxy) is 2. The molecule has 1 aliphatic heterocycles. The molecule has 0 unspecified atom stereocenters. The molecule has 0 radical (unpaired) electrons. The monoisotopic (exact) mass is 552 g/mol. The molecule has 1 N–H and O–H groups in total. The summed E-state index contributed by atoms with van der Waals surface area (Å²) in [5.41, 5.74) is 6.27. The fraction of sp³-hybridized carbons (Fsp3) is 0.212. The summed E-state index contributed by atoms with van der Waals surface area (Å²) < 4.78 is 10.7. The summed E-state index contributed by atoms with van der Waals surface area (Å²) in [6.07, 6.45) is 0.638. The fourth-order valence-corrected chi connectivity index (χ4v) is 5.88. The quantitative estimate of drug-likeness (QED) is 0.267. The molecular weight excluding hydrogens is 520 g/mol. The molecule has 4 aromatic rings. The third-order valence-electron chi connectivity index (χ3n) is 7.07. The summed E-state index contributed by atoms with van der Waals surface area (Å²) >= 11 is 1.55. The highest BCUT2D eigenvalue weighted by atomic mass is 32.2. The van der Waals surface area contributed by atoms with Crippen molar-refractivity contribution >= 4 is 29.3 Å². The maximum absolute atomic E-state index is 13.9. The molecule has 7 heteroatoms. The Bertz CT molecular complexity index is 1580. The molecule has 40 heavy (non-hydrogen) atoms. The van der Waals surface area contributed by atoms with E-state index in [-0.39, 0.29) is 11.8 Å². The minimum atomic E-state index is -0.186. The molecule has 0 fully saturated rings. The van der Waals surface area contributed by atoms with E-state index in [9.17, 15) is 9.59 Å². The fourth-order valence-electron chi connectivity index (χ4n) is 4.82. The van der Waals surface area contributed by atoms with Crippen molar-refractivity contribution < 1.29 is 19.1 Å². The minimum Gasteiger partial charge on any atom is -0.493 e. The highest BCUT2D eigenvalue weighted by Gasteiger charge is 2.28. The molecule has 5 rings (SSSR count). The Hall–Kier alpha value is -4.23. The summed E-state index contributed by atoms with van der Waals surface area (Å²) in [6, 6.07) is 25.3. The Morgan fingerprint density at radius 2 is 1.68 bits per heavy atom. The van der Waals surface area contributed by atoms with Gasteiger partial charge in [-0.2, -0.15) is 0 Å². The first-order chi connectivity index (χ1) is 19.4. The van der Waals surface area contributed by atoms with Crippen LogP contribution >= 0.6 is 11.8 Å². The van der Waals surface area contributed by atoms with Gasteiger partial charge in [0.05, 0.1) is 32.0 Å². The Morgan fingerprint density at radius 1 is 0.875 bits per heavy atom. The molecule has 0 aromatic heterocycles. The third kappa shape index (κ3) is 5.70. The lowest BCUT2D eigenvalue weighted by Crippen LogP contribution is -2.31. The van der Waals surface area contributed by atoms with Gasteiger partial charge in [0.15, 0.2) is 11.5 Å². The molecule has 0 saturated heterocycles. The van der Waals surface area contributed by atoms with Crippen LogP contribution in [0.2, 0.25) is 0 Å². The highest BCUT2D eigenvalue weighted by molar-refractivity contribution is 7.99. The van der Waals surface area contributed by atoms with E-state index in [1.54, 1.807) is 30.9 Å². The van der Waals surface area contributed by atoms with Crippen molar-refractivity contribution in [1.82, 2.24) is 5.32 Å². The average Bonchev–Trinajstić information content (AvgIpc) is 3.08. The molecule has 1 heterocycles. The molecular formula is C33H32N2O4S. The zero-order valence-corrected chi connectivity index (χ0v) is 23.9. The van der Waals surface area contributed by atoms with Crippen LogP contribution < -0.4 is 19.7 Å². The van der Waals surface area contributed by atoms with Crippen LogP contribution in [-0.4, -0.2) is 32.6 Å². The number of amides is 2. The second-order valence-corrected chi connectivity index (χ2v) is 10.9. The molecule has 0 saturated carbocycles. The van der Waals surface area contributed by atoms with Crippen molar-refractivity contribution in [3.05, 3.63) is 112 Å². The topological polar surface area (TPSA) is 67.9 Å². The van der Waals surface area contributed by atoms with Gasteiger partial charge in [-0.15, -0.1) is 0 Å². The predicted molar refractivity (Wildman–Crippen MR) is 159 cm³/mol. The van der Waals surface area contributed by atoms with E-state index in [4.69, 9.17) is 9.47 Å². The molecule has 0 aliphatic carbocycles. The van der Waals surface area contributed by atoms with Crippen LogP contribution in [0.1, 0.15) is 43.0 Å². The molecule has 1 aliphatic rings. The van der Waals surface area contributed by atoms with Crippen molar-refractivity contribution in [2.24, 2.45) is 0 Å². The summed E-state index contributed by atoms with van der Waals surface area (Å²) in [6.45, 7) is 4.98. The Kier molecular flexibility index (Phi) is 8.12. The SMILES string of the molecule is COc1ccc(CCNC(=O)c2ccc3c(c2)N(Cc2cc(C)ccc2C)C(=O)c2ccccc2S3)cc1OC. The predicted octanol–water partition coefficient (Wildman–Crippen LogP) is 6.60. The van der Waals surface area contributed by atoms with Gasteiger partial charge in [-0.3, -0.25) is 9.59 Å². The van der Waals surface area contributed by atoms with Gasteiger partial charge in [0.25, 0.3) is 11.8 Å². The standard InChI is InChI=1S/C33H32N2O4S/c1-21-9-10-22(2)25(17-21)20-35-27-19-24(12-14-31(27)40-30-8-6-5-7-26(30)33(35)37)32(36)34-16-15-23-11-13-28(38-3)29(18-23)39-4/h5-14,17-19H,15-16,20H2,1-4H3,(H,34,36). The van der Waals surface area contributed by atoms with Gasteiger partial charge in [-0.1, -0.05) is 53.7 Å². The van der Waals surface area contributed by atoms with E-state index in [2.05, 4.69) is 37.4 Å². The van der Waals surface area contributed by atoms with Gasteiger partial charge in [0.2, 0.25) is 0 Å². The van der Waals surface area contributed by atoms with E-state index >= 15 is 0 Å². The lowest BCUT2D eigenvalue weighted by Gasteiger charge is -2.25. The number of fused-ring (bicyclic) bond motifs is 2. The number of carbonyl (C=O) groups is 2. The van der Waals surface area contributed by atoms with Crippen molar-refractivity contribution in [3.8, 4) is 11.5 Å². The van der Waals surface area contributed by atoms with Crippen LogP contribution in [0.3, 0.4) is 0 Å². The zero-order chi connectivity index (χ0) is 28.2. The first-order valence-corrected chi connectivity index (χ1v) is 14.0. The van der Waals surface area contributed by atoms with Gasteiger partial charge < -0.3 is 19.7 Å². The van der Waals surface area contributed by atoms with Crippen LogP contribution in [0.15, 0.2) is 88.7 Å². The Balaban J connectivity index is 1.41. The zero-order valence-electron chi connectivity index (χ0n) is 23.1. The van der Waals surface area contributed by atoms with Crippen LogP contribution in [0.25, 0.3) is 0 Å². The van der Waals surface area contributed by atoms with Gasteiger partial charge in [-0.25, -0.2) is 0 Å². The average molecular weight is 553 g/mol. The largest absolute Gasteiger partial charge is 0.493 e. The second-order valence-electron chi connectivity index (χ2n) is 9.80. The smallest absolute Gasteiger partial charge is 0.259 e. The number of benzene rings is 4. The second kappa shape index (κ2) is 11.9. The van der Waals surface area contributed by atoms with Crippen LogP contribution in [0.5, 0.6) is 11.5 Å². The number of carbonyl (C=O) groups excluding carboxylic acids is 2. The molecule has 0 atom stereocenters. The van der Waals surface area contributed by atoms with E-state index in [0.717, 1.165) is 37.7 Å². The van der Waals surface area contributed by atoms with E-state index in [0.29, 0.717) is 42.1 Å². The summed E-state index contributed by atoms with van der Waals surface area (Å²) in [5, 5.41) is 3.02. The Labute approximate surface area is 239 Å². The lowest BCUT2D eigenvalue weighted by molar-refractivity contribution is 0.0950. The van der Waals surface area contributed by atoms with E-state index in [1.807, 2.05) is 60.7 Å². The van der Waals surface area contributed by atoms with Gasteiger partial charge in [-0.05, 0) is 79.4 Å². The van der Waals surface area contributed by atoms with Crippen LogP contribution in [-0.2, 0) is 13.0 Å². The summed E-state index contributed by atoms with van der Waals surface area (Å²) in [5.74, 6) is 1.06. The minimum absolute atomic E-state index is 0.0752. The van der Waals surface area contributed by atoms with E-state index in [1.165, 1.54) is 0 Å². The Morgan fingerprint density at radius 3 is 2.48 bits per heavy atom. The van der Waals surface area contributed by atoms with Crippen molar-refractivity contribution in [1.29, 1.82) is 0 Å². The summed E-state index contributed by atoms with van der Waals surface area (Å²) in [4.78, 5) is 30.8. The van der Waals surface area contributed by atoms with Gasteiger partial charge in [0, 0.05) is 21.9 Å². The van der Waals surface area contributed by atoms with Gasteiger partial charge >= 0.3 is 0 Å². The number of nitrogens with one attached hydrogen (secondary N) is 1. The first kappa shape index (κ1) is 27.3. The summed E-state index contributed by atoms with van der Waals surface area (Å²) in [7, 11) is 3.21. The van der Waals surface area contributed by atoms with Crippen LogP contribution in [0, 0.1) is 13.8 Å². The molecule has 2 amide bonds. The normalized spacial score (nSPS) is 12.3. The molecule has 204 valence electrons. The molecule has 0 bridgehead atoms. The number of aryl methyl sites for hydroxylation is 2. The molecule has 6 nitrogen and oxygen atoms in total. The first-order valence-electron chi connectivity index (χ1n) is 13.2. The number of hydrogen-bond donors (Lipinski definition) is 1. The number of hydrogen-bond acceptors (Lipinski definition) is 5. The van der Waals surface area contributed by atoms with Crippen molar-refractivity contribution in [2.75, 3.05) is 25.7 Å². The number of nitrogens with zero attached hydrogens (tertiary/aromatic N) is 1. The van der Waals surface area contributed by atoms with Gasteiger partial charge in [0.1, 0.15) is 0 Å². The maximum atomic E-state index is 13.9. The van der Waals surface area contributed by atoms with Crippen LogP contribution in [0.4, 0.5) is 5.69 Å².